The van der Waals surface area contributed by atoms with Gasteiger partial charge < -0.3 is 10.7 Å². The molecular formula is C11H11ClFN3. The largest absolute Gasteiger partial charge is 0.345 e. The molecule has 16 heavy (non-hydrogen) atoms. The van der Waals surface area contributed by atoms with Crippen LogP contribution in [-0.4, -0.2) is 9.97 Å². The molecule has 3 nitrogen and oxygen atoms in total. The van der Waals surface area contributed by atoms with Crippen LogP contribution in [0.5, 0.6) is 0 Å². The number of hydrogen-bond acceptors (Lipinski definition) is 2. The number of nitrogens with two attached hydrogens (primary N) is 1. The fourth-order valence-electron chi connectivity index (χ4n) is 1.44. The fraction of sp³-hybridized carbons (Fsp3) is 0.182. The molecule has 1 aromatic heterocycles. The second kappa shape index (κ2) is 4.63. The lowest BCUT2D eigenvalue weighted by atomic mass is 10.1. The fourth-order valence-corrected chi connectivity index (χ4v) is 1.68. The Morgan fingerprint density at radius 1 is 1.44 bits per heavy atom. The molecule has 5 heteroatoms. The van der Waals surface area contributed by atoms with Crippen LogP contribution in [0.1, 0.15) is 17.1 Å². The molecule has 0 saturated heterocycles. The summed E-state index contributed by atoms with van der Waals surface area (Å²) < 4.78 is 12.8. The summed E-state index contributed by atoms with van der Waals surface area (Å²) in [5.41, 5.74) is 7.16. The van der Waals surface area contributed by atoms with Crippen molar-refractivity contribution in [1.29, 1.82) is 0 Å². The van der Waals surface area contributed by atoms with E-state index in [9.17, 15) is 4.39 Å². The van der Waals surface area contributed by atoms with Gasteiger partial charge in [-0.25, -0.2) is 9.37 Å². The van der Waals surface area contributed by atoms with Gasteiger partial charge in [-0.15, -0.1) is 0 Å². The van der Waals surface area contributed by atoms with Crippen molar-refractivity contribution >= 4 is 11.6 Å². The van der Waals surface area contributed by atoms with Crippen molar-refractivity contribution in [3.63, 3.8) is 0 Å². The van der Waals surface area contributed by atoms with Crippen molar-refractivity contribution in [2.24, 2.45) is 5.73 Å². The molecule has 0 aliphatic carbocycles. The summed E-state index contributed by atoms with van der Waals surface area (Å²) in [5, 5.41) is 0.408. The molecule has 0 atom stereocenters. The molecule has 0 radical (unpaired) electrons. The highest BCUT2D eigenvalue weighted by molar-refractivity contribution is 6.31. The highest BCUT2D eigenvalue weighted by Gasteiger charge is 2.05. The predicted octanol–water partition coefficient (Wildman–Crippen LogP) is 2.25. The minimum absolute atomic E-state index is 0.337. The summed E-state index contributed by atoms with van der Waals surface area (Å²) in [6.45, 7) is 0.421. The van der Waals surface area contributed by atoms with Crippen molar-refractivity contribution in [3.8, 4) is 0 Å². The zero-order valence-corrected chi connectivity index (χ0v) is 9.26. The van der Waals surface area contributed by atoms with Crippen LogP contribution < -0.4 is 5.73 Å². The van der Waals surface area contributed by atoms with Gasteiger partial charge in [0, 0.05) is 29.9 Å². The Balaban J connectivity index is 2.20. The maximum Gasteiger partial charge on any atom is 0.124 e. The zero-order valence-electron chi connectivity index (χ0n) is 8.50. The molecule has 0 amide bonds. The van der Waals surface area contributed by atoms with E-state index in [1.54, 1.807) is 12.3 Å². The van der Waals surface area contributed by atoms with E-state index in [4.69, 9.17) is 17.3 Å². The van der Waals surface area contributed by atoms with Crippen molar-refractivity contribution in [1.82, 2.24) is 9.97 Å². The summed E-state index contributed by atoms with van der Waals surface area (Å²) in [6.07, 6.45) is 2.23. The minimum atomic E-state index is -0.337. The van der Waals surface area contributed by atoms with Gasteiger partial charge in [0.05, 0.1) is 0 Å². The zero-order chi connectivity index (χ0) is 11.5. The molecule has 1 heterocycles. The summed E-state index contributed by atoms with van der Waals surface area (Å²) in [7, 11) is 0. The quantitative estimate of drug-likeness (QED) is 0.863. The number of halogens is 2. The highest BCUT2D eigenvalue weighted by atomic mass is 35.5. The molecular weight excluding hydrogens is 229 g/mol. The Morgan fingerprint density at radius 2 is 2.25 bits per heavy atom. The molecule has 0 unspecified atom stereocenters. The first kappa shape index (κ1) is 11.1. The standard InChI is InChI=1S/C11H11ClFN3/c12-10-4-8(13)2-1-7(10)3-11-15-6-9(5-14)16-11/h1-2,4,6H,3,5,14H2,(H,15,16). The molecule has 0 aliphatic heterocycles. The number of rotatable bonds is 3. The van der Waals surface area contributed by atoms with Gasteiger partial charge in [-0.2, -0.15) is 0 Å². The molecule has 2 rings (SSSR count). The molecule has 3 N–H and O–H groups in total. The van der Waals surface area contributed by atoms with Crippen LogP contribution in [0.25, 0.3) is 0 Å². The first-order valence-corrected chi connectivity index (χ1v) is 5.23. The van der Waals surface area contributed by atoms with Crippen LogP contribution in [-0.2, 0) is 13.0 Å². The maximum atomic E-state index is 12.8. The van der Waals surface area contributed by atoms with Gasteiger partial charge in [0.2, 0.25) is 0 Å². The first-order chi connectivity index (χ1) is 7.69. The summed E-state index contributed by atoms with van der Waals surface area (Å²) >= 11 is 5.91. The number of nitrogens with zero attached hydrogens (tertiary/aromatic N) is 1. The number of nitrogens with one attached hydrogen (secondary N) is 1. The Hall–Kier alpha value is -1.39. The third kappa shape index (κ3) is 2.40. The van der Waals surface area contributed by atoms with Gasteiger partial charge in [0.1, 0.15) is 11.6 Å². The molecule has 0 saturated carbocycles. The molecule has 0 bridgehead atoms. The molecule has 0 spiro atoms. The van der Waals surface area contributed by atoms with Crippen LogP contribution >= 0.6 is 11.6 Å². The van der Waals surface area contributed by atoms with Gasteiger partial charge >= 0.3 is 0 Å². The molecule has 0 aliphatic rings. The summed E-state index contributed by atoms with van der Waals surface area (Å²) in [6, 6.07) is 4.33. The average molecular weight is 240 g/mol. The van der Waals surface area contributed by atoms with E-state index in [2.05, 4.69) is 9.97 Å². The summed E-state index contributed by atoms with van der Waals surface area (Å²) in [5.74, 6) is 0.435. The van der Waals surface area contributed by atoms with Gasteiger partial charge in [0.15, 0.2) is 0 Å². The third-order valence-electron chi connectivity index (χ3n) is 2.27. The Morgan fingerprint density at radius 3 is 2.88 bits per heavy atom. The Kier molecular flexibility index (Phi) is 3.22. The summed E-state index contributed by atoms with van der Waals surface area (Å²) in [4.78, 5) is 7.22. The SMILES string of the molecule is NCc1cnc(Cc2ccc(F)cc2Cl)[nH]1. The van der Waals surface area contributed by atoms with E-state index < -0.39 is 0 Å². The number of benzene rings is 1. The van der Waals surface area contributed by atoms with Crippen molar-refractivity contribution in [2.75, 3.05) is 0 Å². The van der Waals surface area contributed by atoms with Crippen LogP contribution in [0, 0.1) is 5.82 Å². The van der Waals surface area contributed by atoms with E-state index in [1.165, 1.54) is 12.1 Å². The Bertz CT molecular complexity index is 496. The molecule has 1 aromatic carbocycles. The number of aromatic amines is 1. The highest BCUT2D eigenvalue weighted by Crippen LogP contribution is 2.19. The van der Waals surface area contributed by atoms with Crippen molar-refractivity contribution < 1.29 is 4.39 Å². The molecule has 2 aromatic rings. The van der Waals surface area contributed by atoms with E-state index in [1.807, 2.05) is 0 Å². The maximum absolute atomic E-state index is 12.8. The second-order valence-corrected chi connectivity index (χ2v) is 3.88. The normalized spacial score (nSPS) is 10.7. The monoisotopic (exact) mass is 239 g/mol. The predicted molar refractivity (Wildman–Crippen MR) is 60.7 cm³/mol. The van der Waals surface area contributed by atoms with E-state index in [0.29, 0.717) is 18.0 Å². The van der Waals surface area contributed by atoms with Crippen LogP contribution in [0.2, 0.25) is 5.02 Å². The second-order valence-electron chi connectivity index (χ2n) is 3.47. The first-order valence-electron chi connectivity index (χ1n) is 4.86. The van der Waals surface area contributed by atoms with E-state index in [0.717, 1.165) is 17.1 Å². The van der Waals surface area contributed by atoms with Crippen LogP contribution in [0.15, 0.2) is 24.4 Å². The molecule has 84 valence electrons. The lowest BCUT2D eigenvalue weighted by Crippen LogP contribution is -1.97. The number of hydrogen-bond donors (Lipinski definition) is 2. The smallest absolute Gasteiger partial charge is 0.124 e. The van der Waals surface area contributed by atoms with Crippen molar-refractivity contribution in [3.05, 3.63) is 52.3 Å². The van der Waals surface area contributed by atoms with Crippen LogP contribution in [0.3, 0.4) is 0 Å². The van der Waals surface area contributed by atoms with Crippen LogP contribution in [0.4, 0.5) is 4.39 Å². The van der Waals surface area contributed by atoms with Gasteiger partial charge in [0.25, 0.3) is 0 Å². The minimum Gasteiger partial charge on any atom is -0.345 e. The molecule has 0 fully saturated rings. The topological polar surface area (TPSA) is 54.7 Å². The lowest BCUT2D eigenvalue weighted by molar-refractivity contribution is 0.627. The van der Waals surface area contributed by atoms with Crippen molar-refractivity contribution in [2.45, 2.75) is 13.0 Å². The van der Waals surface area contributed by atoms with E-state index in [-0.39, 0.29) is 5.82 Å². The number of aromatic nitrogens is 2. The number of imidazole rings is 1. The third-order valence-corrected chi connectivity index (χ3v) is 2.63. The number of H-pyrrole nitrogens is 1. The van der Waals surface area contributed by atoms with E-state index >= 15 is 0 Å². The Labute approximate surface area is 97.5 Å². The van der Waals surface area contributed by atoms with Gasteiger partial charge in [-0.05, 0) is 17.7 Å². The lowest BCUT2D eigenvalue weighted by Gasteiger charge is -2.01. The van der Waals surface area contributed by atoms with Gasteiger partial charge in [-0.3, -0.25) is 0 Å². The average Bonchev–Trinajstić information content (AvgIpc) is 2.70. The van der Waals surface area contributed by atoms with Gasteiger partial charge in [-0.1, -0.05) is 17.7 Å².